The zero-order valence-corrected chi connectivity index (χ0v) is 12.3. The van der Waals surface area contributed by atoms with Crippen molar-refractivity contribution in [2.24, 2.45) is 0 Å². The lowest BCUT2D eigenvalue weighted by molar-refractivity contribution is 0.342. The summed E-state index contributed by atoms with van der Waals surface area (Å²) in [6.07, 6.45) is 6.03. The van der Waals surface area contributed by atoms with Gasteiger partial charge in [-0.05, 0) is 47.2 Å². The van der Waals surface area contributed by atoms with Gasteiger partial charge in [-0.1, -0.05) is 42.5 Å². The number of fused-ring (bicyclic) bond motifs is 2. The van der Waals surface area contributed by atoms with E-state index in [4.69, 9.17) is 9.84 Å². The quantitative estimate of drug-likeness (QED) is 0.872. The highest BCUT2D eigenvalue weighted by Gasteiger charge is 2.21. The van der Waals surface area contributed by atoms with Crippen LogP contribution in [-0.4, -0.2) is 18.8 Å². The van der Waals surface area contributed by atoms with Crippen LogP contribution in [0.15, 0.2) is 54.6 Å². The third-order valence-corrected chi connectivity index (χ3v) is 4.18. The fourth-order valence-corrected chi connectivity index (χ4v) is 3.12. The van der Waals surface area contributed by atoms with Gasteiger partial charge in [-0.15, -0.1) is 0 Å². The summed E-state index contributed by atoms with van der Waals surface area (Å²) in [5.74, 6) is 1.07. The first-order valence-corrected chi connectivity index (χ1v) is 7.35. The molecular formula is C19H20O2. The molecule has 0 spiro atoms. The molecule has 1 N–H and O–H groups in total. The second kappa shape index (κ2) is 6.15. The van der Waals surface area contributed by atoms with Crippen LogP contribution in [0.5, 0.6) is 5.75 Å². The molecule has 0 bridgehead atoms. The number of rotatable bonds is 3. The number of aryl methyl sites for hydroxylation is 2. The van der Waals surface area contributed by atoms with Gasteiger partial charge in [0.25, 0.3) is 0 Å². The van der Waals surface area contributed by atoms with Crippen molar-refractivity contribution in [3.8, 4) is 5.75 Å². The fourth-order valence-electron chi connectivity index (χ4n) is 3.12. The lowest BCUT2D eigenvalue weighted by atomic mass is 9.87. The van der Waals surface area contributed by atoms with Crippen LogP contribution < -0.4 is 4.74 Å². The maximum Gasteiger partial charge on any atom is 0.119 e. The number of hydrogen-bond acceptors (Lipinski definition) is 2. The van der Waals surface area contributed by atoms with Crippen molar-refractivity contribution in [3.63, 3.8) is 0 Å². The number of aliphatic hydroxyl groups is 1. The molecule has 0 aromatic heterocycles. The standard InChI is InChI=1S/C19H20O2/c1-21-16-11-10-15-9-8-14-5-2-3-6-17(14)18(7-4-12-20)19(15)13-16/h2-7,10-11,13,18,20H,8-9,12H2,1H3/b7-4-. The van der Waals surface area contributed by atoms with Gasteiger partial charge in [0.2, 0.25) is 0 Å². The molecule has 2 aromatic rings. The minimum absolute atomic E-state index is 0.0674. The van der Waals surface area contributed by atoms with E-state index in [1.54, 1.807) is 7.11 Å². The van der Waals surface area contributed by atoms with Crippen LogP contribution in [-0.2, 0) is 12.8 Å². The number of aliphatic hydroxyl groups excluding tert-OH is 1. The van der Waals surface area contributed by atoms with Crippen LogP contribution >= 0.6 is 0 Å². The highest BCUT2D eigenvalue weighted by Crippen LogP contribution is 2.36. The number of benzene rings is 2. The van der Waals surface area contributed by atoms with Crippen molar-refractivity contribution in [1.82, 2.24) is 0 Å². The molecule has 0 amide bonds. The number of methoxy groups -OCH3 is 1. The van der Waals surface area contributed by atoms with E-state index < -0.39 is 0 Å². The zero-order valence-electron chi connectivity index (χ0n) is 12.3. The molecule has 108 valence electrons. The van der Waals surface area contributed by atoms with E-state index in [0.717, 1.165) is 18.6 Å². The molecule has 2 heteroatoms. The molecule has 2 aromatic carbocycles. The van der Waals surface area contributed by atoms with E-state index in [-0.39, 0.29) is 12.5 Å². The van der Waals surface area contributed by atoms with Crippen molar-refractivity contribution in [2.75, 3.05) is 13.7 Å². The molecule has 0 aliphatic heterocycles. The summed E-state index contributed by atoms with van der Waals surface area (Å²) in [5.41, 5.74) is 5.36. The Morgan fingerprint density at radius 1 is 1.10 bits per heavy atom. The summed E-state index contributed by atoms with van der Waals surface area (Å²) in [6.45, 7) is 0.0674. The molecule has 0 fully saturated rings. The Morgan fingerprint density at radius 2 is 1.86 bits per heavy atom. The topological polar surface area (TPSA) is 29.5 Å². The maximum atomic E-state index is 9.15. The van der Waals surface area contributed by atoms with Crippen LogP contribution in [0, 0.1) is 0 Å². The van der Waals surface area contributed by atoms with Gasteiger partial charge >= 0.3 is 0 Å². The van der Waals surface area contributed by atoms with Crippen molar-refractivity contribution in [1.29, 1.82) is 0 Å². The Morgan fingerprint density at radius 3 is 2.62 bits per heavy atom. The molecule has 3 rings (SSSR count). The summed E-state index contributed by atoms with van der Waals surface area (Å²) in [7, 11) is 1.70. The van der Waals surface area contributed by atoms with Gasteiger partial charge in [0.15, 0.2) is 0 Å². The van der Waals surface area contributed by atoms with Gasteiger partial charge in [-0.25, -0.2) is 0 Å². The molecule has 0 heterocycles. The third-order valence-electron chi connectivity index (χ3n) is 4.18. The van der Waals surface area contributed by atoms with E-state index >= 15 is 0 Å². The normalized spacial score (nSPS) is 17.1. The monoisotopic (exact) mass is 280 g/mol. The zero-order chi connectivity index (χ0) is 14.7. The van der Waals surface area contributed by atoms with Crippen LogP contribution in [0.1, 0.15) is 28.2 Å². The summed E-state index contributed by atoms with van der Waals surface area (Å²) < 4.78 is 5.39. The van der Waals surface area contributed by atoms with Gasteiger partial charge in [0.05, 0.1) is 13.7 Å². The highest BCUT2D eigenvalue weighted by molar-refractivity contribution is 5.50. The Hall–Kier alpha value is -2.06. The molecule has 0 saturated carbocycles. The maximum absolute atomic E-state index is 9.15. The summed E-state index contributed by atoms with van der Waals surface area (Å²) in [6, 6.07) is 14.9. The summed E-state index contributed by atoms with van der Waals surface area (Å²) in [4.78, 5) is 0. The molecule has 1 unspecified atom stereocenters. The Bertz CT molecular complexity index is 658. The average molecular weight is 280 g/mol. The first-order chi connectivity index (χ1) is 10.3. The fraction of sp³-hybridized carbons (Fsp3) is 0.263. The van der Waals surface area contributed by atoms with E-state index in [2.05, 4.69) is 42.5 Å². The van der Waals surface area contributed by atoms with Gasteiger partial charge in [-0.3, -0.25) is 0 Å². The molecule has 0 radical (unpaired) electrons. The van der Waals surface area contributed by atoms with E-state index in [1.165, 1.54) is 22.3 Å². The summed E-state index contributed by atoms with van der Waals surface area (Å²) in [5, 5.41) is 9.15. The number of hydrogen-bond donors (Lipinski definition) is 1. The van der Waals surface area contributed by atoms with Crippen LogP contribution in [0.4, 0.5) is 0 Å². The second-order valence-electron chi connectivity index (χ2n) is 5.35. The average Bonchev–Trinajstić information content (AvgIpc) is 2.69. The highest BCUT2D eigenvalue weighted by atomic mass is 16.5. The molecule has 1 atom stereocenters. The molecular weight excluding hydrogens is 260 g/mol. The first kappa shape index (κ1) is 13.9. The van der Waals surface area contributed by atoms with Crippen molar-refractivity contribution in [3.05, 3.63) is 76.9 Å². The largest absolute Gasteiger partial charge is 0.497 e. The molecule has 2 nitrogen and oxygen atoms in total. The first-order valence-electron chi connectivity index (χ1n) is 7.35. The molecule has 21 heavy (non-hydrogen) atoms. The Labute approximate surface area is 125 Å². The molecule has 0 saturated heterocycles. The van der Waals surface area contributed by atoms with Crippen molar-refractivity contribution in [2.45, 2.75) is 18.8 Å². The second-order valence-corrected chi connectivity index (χ2v) is 5.35. The Kier molecular flexibility index (Phi) is 4.07. The van der Waals surface area contributed by atoms with Crippen molar-refractivity contribution < 1.29 is 9.84 Å². The minimum Gasteiger partial charge on any atom is -0.497 e. The van der Waals surface area contributed by atoms with E-state index in [9.17, 15) is 0 Å². The van der Waals surface area contributed by atoms with Gasteiger partial charge in [-0.2, -0.15) is 0 Å². The van der Waals surface area contributed by atoms with Crippen LogP contribution in [0.3, 0.4) is 0 Å². The predicted molar refractivity (Wildman–Crippen MR) is 84.9 cm³/mol. The van der Waals surface area contributed by atoms with Gasteiger partial charge in [0, 0.05) is 5.92 Å². The van der Waals surface area contributed by atoms with E-state index in [0.29, 0.717) is 0 Å². The van der Waals surface area contributed by atoms with Crippen LogP contribution in [0.2, 0.25) is 0 Å². The van der Waals surface area contributed by atoms with E-state index in [1.807, 2.05) is 12.1 Å². The van der Waals surface area contributed by atoms with Gasteiger partial charge < -0.3 is 9.84 Å². The summed E-state index contributed by atoms with van der Waals surface area (Å²) >= 11 is 0. The molecule has 1 aliphatic rings. The molecule has 1 aliphatic carbocycles. The predicted octanol–water partition coefficient (Wildman–Crippen LogP) is 3.47. The SMILES string of the molecule is COc1ccc2c(c1)C(/C=C\CO)c1ccccc1CC2. The number of ether oxygens (including phenoxy) is 1. The minimum atomic E-state index is 0.0674. The Balaban J connectivity index is 2.16. The third kappa shape index (κ3) is 2.72. The number of allylic oxidation sites excluding steroid dienone is 1. The lowest BCUT2D eigenvalue weighted by Crippen LogP contribution is -2.02. The van der Waals surface area contributed by atoms with Gasteiger partial charge in [0.1, 0.15) is 5.75 Å². The van der Waals surface area contributed by atoms with Crippen LogP contribution in [0.25, 0.3) is 0 Å². The lowest BCUT2D eigenvalue weighted by Gasteiger charge is -2.17. The smallest absolute Gasteiger partial charge is 0.119 e. The van der Waals surface area contributed by atoms with Crippen molar-refractivity contribution >= 4 is 0 Å².